The minimum absolute atomic E-state index is 0.00863. The first-order chi connectivity index (χ1) is 13.6. The van der Waals surface area contributed by atoms with Crippen LogP contribution in [0.4, 0.5) is 0 Å². The van der Waals surface area contributed by atoms with Gasteiger partial charge in [0.25, 0.3) is 0 Å². The molecule has 1 aromatic carbocycles. The number of ether oxygens (including phenoxy) is 1. The molecule has 2 amide bonds. The number of thioether (sulfide) groups is 2. The monoisotopic (exact) mass is 440 g/mol. The van der Waals surface area contributed by atoms with Crippen molar-refractivity contribution in [3.8, 4) is 5.75 Å². The van der Waals surface area contributed by atoms with Gasteiger partial charge in [0, 0.05) is 13.1 Å². The van der Waals surface area contributed by atoms with Gasteiger partial charge in [0.2, 0.25) is 11.8 Å². The van der Waals surface area contributed by atoms with E-state index in [1.807, 2.05) is 31.2 Å². The molecule has 0 aliphatic carbocycles. The second kappa shape index (κ2) is 12.6. The number of carbonyl (C=O) groups excluding carboxylic acids is 2. The molecule has 0 bridgehead atoms. The minimum atomic E-state index is -0.0526. The van der Waals surface area contributed by atoms with Gasteiger partial charge in [-0.1, -0.05) is 60.0 Å². The van der Waals surface area contributed by atoms with E-state index in [1.54, 1.807) is 7.11 Å². The van der Waals surface area contributed by atoms with Gasteiger partial charge >= 0.3 is 0 Å². The van der Waals surface area contributed by atoms with Gasteiger partial charge < -0.3 is 15.4 Å². The summed E-state index contributed by atoms with van der Waals surface area (Å²) in [6.45, 7) is 3.24. The lowest BCUT2D eigenvalue weighted by Gasteiger charge is -2.08. The highest BCUT2D eigenvalue weighted by Crippen LogP contribution is 2.28. The summed E-state index contributed by atoms with van der Waals surface area (Å²) < 4.78 is 6.75. The number of aromatic nitrogens is 2. The van der Waals surface area contributed by atoms with Crippen molar-refractivity contribution in [2.24, 2.45) is 0 Å². The van der Waals surface area contributed by atoms with Gasteiger partial charge in [0.1, 0.15) is 5.75 Å². The highest BCUT2D eigenvalue weighted by atomic mass is 32.2. The van der Waals surface area contributed by atoms with Gasteiger partial charge in [-0.15, -0.1) is 10.2 Å². The number of para-hydroxylation sites is 1. The van der Waals surface area contributed by atoms with Crippen LogP contribution in [0.3, 0.4) is 0 Å². The summed E-state index contributed by atoms with van der Waals surface area (Å²) in [5.74, 6) is 1.37. The van der Waals surface area contributed by atoms with Gasteiger partial charge in [-0.2, -0.15) is 0 Å². The maximum Gasteiger partial charge on any atom is 0.230 e. The maximum absolute atomic E-state index is 12.0. The fraction of sp³-hybridized carbons (Fsp3) is 0.444. The molecule has 2 N–H and O–H groups in total. The van der Waals surface area contributed by atoms with Crippen LogP contribution < -0.4 is 15.4 Å². The molecule has 152 valence electrons. The van der Waals surface area contributed by atoms with Crippen LogP contribution in [-0.4, -0.2) is 53.7 Å². The predicted octanol–water partition coefficient (Wildman–Crippen LogP) is 2.62. The predicted molar refractivity (Wildman–Crippen MR) is 114 cm³/mol. The second-order valence-corrected chi connectivity index (χ2v) is 9.10. The van der Waals surface area contributed by atoms with E-state index in [1.165, 1.54) is 34.9 Å². The van der Waals surface area contributed by atoms with Crippen molar-refractivity contribution >= 4 is 46.7 Å². The van der Waals surface area contributed by atoms with Crippen molar-refractivity contribution in [3.63, 3.8) is 0 Å². The molecular formula is C18H24N4O3S3. The van der Waals surface area contributed by atoms with Crippen LogP contribution in [-0.2, 0) is 16.0 Å². The van der Waals surface area contributed by atoms with Crippen LogP contribution in [0.5, 0.6) is 5.75 Å². The molecule has 0 atom stereocenters. The average molecular weight is 441 g/mol. The topological polar surface area (TPSA) is 93.2 Å². The lowest BCUT2D eigenvalue weighted by Crippen LogP contribution is -2.27. The van der Waals surface area contributed by atoms with Gasteiger partial charge in [-0.05, 0) is 24.5 Å². The van der Waals surface area contributed by atoms with Crippen LogP contribution in [0, 0.1) is 0 Å². The Morgan fingerprint density at radius 3 is 2.25 bits per heavy atom. The Kier molecular flexibility index (Phi) is 10.2. The Labute approximate surface area is 177 Å². The van der Waals surface area contributed by atoms with E-state index in [0.717, 1.165) is 26.4 Å². The first kappa shape index (κ1) is 22.5. The Balaban J connectivity index is 1.66. The summed E-state index contributed by atoms with van der Waals surface area (Å²) in [5.41, 5.74) is 1.06. The standard InChI is InChI=1S/C18H24N4O3S3/c1-3-9-19-15(23)11-26-17-21-22-18(28-17)27-12-16(24)20-10-8-13-6-4-5-7-14(13)25-2/h4-7H,3,8-12H2,1-2H3,(H,19,23)(H,20,24). The van der Waals surface area contributed by atoms with Crippen molar-refractivity contribution in [1.29, 1.82) is 0 Å². The molecule has 0 saturated carbocycles. The number of rotatable bonds is 12. The smallest absolute Gasteiger partial charge is 0.230 e. The number of amides is 2. The summed E-state index contributed by atoms with van der Waals surface area (Å²) in [6.07, 6.45) is 1.62. The zero-order valence-corrected chi connectivity index (χ0v) is 18.3. The molecule has 2 rings (SSSR count). The summed E-state index contributed by atoms with van der Waals surface area (Å²) in [4.78, 5) is 23.6. The molecule has 1 heterocycles. The highest BCUT2D eigenvalue weighted by molar-refractivity contribution is 8.03. The van der Waals surface area contributed by atoms with E-state index in [2.05, 4.69) is 20.8 Å². The number of carbonyl (C=O) groups is 2. The first-order valence-corrected chi connectivity index (χ1v) is 11.7. The third-order valence-corrected chi connectivity index (χ3v) is 6.71. The molecular weight excluding hydrogens is 416 g/mol. The second-order valence-electron chi connectivity index (χ2n) is 5.67. The van der Waals surface area contributed by atoms with E-state index in [-0.39, 0.29) is 17.6 Å². The van der Waals surface area contributed by atoms with E-state index >= 15 is 0 Å². The average Bonchev–Trinajstić information content (AvgIpc) is 3.17. The number of hydrogen-bond acceptors (Lipinski definition) is 8. The molecule has 2 aromatic rings. The molecule has 0 aliphatic heterocycles. The number of benzene rings is 1. The van der Waals surface area contributed by atoms with Gasteiger partial charge in [-0.3, -0.25) is 9.59 Å². The molecule has 1 aromatic heterocycles. The van der Waals surface area contributed by atoms with E-state index in [4.69, 9.17) is 4.74 Å². The summed E-state index contributed by atoms with van der Waals surface area (Å²) in [7, 11) is 1.64. The largest absolute Gasteiger partial charge is 0.496 e. The quantitative estimate of drug-likeness (QED) is 0.490. The van der Waals surface area contributed by atoms with Crippen LogP contribution >= 0.6 is 34.9 Å². The molecule has 0 aliphatic rings. The van der Waals surface area contributed by atoms with E-state index < -0.39 is 0 Å². The fourth-order valence-electron chi connectivity index (χ4n) is 2.18. The van der Waals surface area contributed by atoms with Crippen molar-refractivity contribution in [1.82, 2.24) is 20.8 Å². The molecule has 0 spiro atoms. The zero-order valence-electron chi connectivity index (χ0n) is 15.9. The molecule has 0 fully saturated rings. The molecule has 28 heavy (non-hydrogen) atoms. The molecule has 0 unspecified atom stereocenters. The van der Waals surface area contributed by atoms with E-state index in [9.17, 15) is 9.59 Å². The van der Waals surface area contributed by atoms with Gasteiger partial charge in [0.15, 0.2) is 8.68 Å². The normalized spacial score (nSPS) is 10.5. The highest BCUT2D eigenvalue weighted by Gasteiger charge is 2.10. The third kappa shape index (κ3) is 8.07. The molecule has 0 radical (unpaired) electrons. The van der Waals surface area contributed by atoms with Gasteiger partial charge in [-0.25, -0.2) is 0 Å². The summed E-state index contributed by atoms with van der Waals surface area (Å²) >= 11 is 4.10. The lowest BCUT2D eigenvalue weighted by molar-refractivity contribution is -0.119. The van der Waals surface area contributed by atoms with Crippen molar-refractivity contribution in [3.05, 3.63) is 29.8 Å². The van der Waals surface area contributed by atoms with Crippen molar-refractivity contribution in [2.75, 3.05) is 31.7 Å². The van der Waals surface area contributed by atoms with Crippen molar-refractivity contribution in [2.45, 2.75) is 28.4 Å². The van der Waals surface area contributed by atoms with Crippen molar-refractivity contribution < 1.29 is 14.3 Å². The third-order valence-electron chi connectivity index (χ3n) is 3.52. The van der Waals surface area contributed by atoms with Gasteiger partial charge in [0.05, 0.1) is 18.6 Å². The molecule has 0 saturated heterocycles. The Morgan fingerprint density at radius 2 is 1.64 bits per heavy atom. The van der Waals surface area contributed by atoms with Crippen LogP contribution in [0.2, 0.25) is 0 Å². The Hall–Kier alpha value is -1.78. The first-order valence-electron chi connectivity index (χ1n) is 8.86. The number of nitrogens with one attached hydrogen (secondary N) is 2. The zero-order chi connectivity index (χ0) is 20.2. The fourth-order valence-corrected chi connectivity index (χ4v) is 4.86. The van der Waals surface area contributed by atoms with Crippen LogP contribution in [0.1, 0.15) is 18.9 Å². The summed E-state index contributed by atoms with van der Waals surface area (Å²) in [5, 5.41) is 13.8. The number of nitrogens with zero attached hydrogens (tertiary/aromatic N) is 2. The van der Waals surface area contributed by atoms with Crippen LogP contribution in [0.25, 0.3) is 0 Å². The summed E-state index contributed by atoms with van der Waals surface area (Å²) in [6, 6.07) is 7.77. The maximum atomic E-state index is 12.0. The SMILES string of the molecule is CCCNC(=O)CSc1nnc(SCC(=O)NCCc2ccccc2OC)s1. The molecule has 10 heteroatoms. The van der Waals surface area contributed by atoms with Crippen LogP contribution in [0.15, 0.2) is 32.9 Å². The number of hydrogen-bond donors (Lipinski definition) is 2. The Morgan fingerprint density at radius 1 is 1.04 bits per heavy atom. The molecule has 7 nitrogen and oxygen atoms in total. The lowest BCUT2D eigenvalue weighted by atomic mass is 10.1. The number of methoxy groups -OCH3 is 1. The minimum Gasteiger partial charge on any atom is -0.496 e. The van der Waals surface area contributed by atoms with E-state index in [0.29, 0.717) is 25.3 Å². The Bertz CT molecular complexity index is 770.